The fourth-order valence-electron chi connectivity index (χ4n) is 3.56. The number of benzene rings is 2. The number of carbonyl (C=O) groups excluding carboxylic acids is 1. The van der Waals surface area contributed by atoms with Crippen LogP contribution in [0.15, 0.2) is 36.4 Å². The predicted octanol–water partition coefficient (Wildman–Crippen LogP) is 2.27. The van der Waals surface area contributed by atoms with Gasteiger partial charge in [-0.15, -0.1) is 0 Å². The summed E-state index contributed by atoms with van der Waals surface area (Å²) in [5, 5.41) is 8.42. The molecule has 1 amide bonds. The lowest BCUT2D eigenvalue weighted by molar-refractivity contribution is -0.120. The minimum atomic E-state index is -5.02. The number of carbonyl (C=O) groups is 1. The third-order valence-electron chi connectivity index (χ3n) is 5.02. The molecule has 2 aromatic rings. The predicted molar refractivity (Wildman–Crippen MR) is 116 cm³/mol. The van der Waals surface area contributed by atoms with E-state index in [0.717, 1.165) is 17.0 Å². The number of halogens is 2. The van der Waals surface area contributed by atoms with Crippen LogP contribution in [0, 0.1) is 17.1 Å². The molecule has 32 heavy (non-hydrogen) atoms. The summed E-state index contributed by atoms with van der Waals surface area (Å²) in [6, 6.07) is 9.50. The van der Waals surface area contributed by atoms with Gasteiger partial charge in [-0.1, -0.05) is 23.7 Å². The number of nitrogens with zero attached hydrogens (tertiary/aromatic N) is 3. The van der Waals surface area contributed by atoms with Gasteiger partial charge in [-0.2, -0.15) is 13.7 Å². The fourth-order valence-corrected chi connectivity index (χ4v) is 5.40. The van der Waals surface area contributed by atoms with Gasteiger partial charge in [0.05, 0.1) is 22.0 Å². The Hall–Kier alpha value is -2.72. The molecule has 0 aromatic heterocycles. The van der Waals surface area contributed by atoms with Gasteiger partial charge in [-0.3, -0.25) is 14.2 Å². The second kappa shape index (κ2) is 8.32. The molecule has 1 heterocycles. The zero-order chi connectivity index (χ0) is 24.0. The van der Waals surface area contributed by atoms with Crippen LogP contribution in [0.2, 0.25) is 5.02 Å². The van der Waals surface area contributed by atoms with Crippen LogP contribution in [0.5, 0.6) is 0 Å². The zero-order valence-corrected chi connectivity index (χ0v) is 19.2. The van der Waals surface area contributed by atoms with Gasteiger partial charge in [-0.25, -0.2) is 12.8 Å². The summed E-state index contributed by atoms with van der Waals surface area (Å²) in [4.78, 5) is 14.9. The second-order valence-electron chi connectivity index (χ2n) is 7.47. The standard InChI is InChI=1S/C19H17ClFN3O6S2/c1-19(2)17(25)23(14-8-5-12(9-22)15(20)16(14)21)18(32(28,29)30)24(19)13-6-3-11(4-7-13)10-31(26)27/h3-8,18,31H,10H2,1-2H3,(H,28,29,30). The molecule has 1 saturated heterocycles. The zero-order valence-electron chi connectivity index (χ0n) is 16.7. The quantitative estimate of drug-likeness (QED) is 0.470. The van der Waals surface area contributed by atoms with Crippen LogP contribution in [0.4, 0.5) is 15.8 Å². The SMILES string of the molecule is CC1(C)C(=O)N(c2ccc(C#N)c(Cl)c2F)C(S(=O)(=O)O)N1c1ccc(C[SH](=O)=O)cc1. The van der Waals surface area contributed by atoms with Crippen LogP contribution >= 0.6 is 11.6 Å². The molecular formula is C19H17ClFN3O6S2. The molecule has 1 N–H and O–H groups in total. The number of amides is 1. The van der Waals surface area contributed by atoms with Crippen LogP contribution in [0.3, 0.4) is 0 Å². The average Bonchev–Trinajstić information content (AvgIpc) is 2.91. The molecule has 0 bridgehead atoms. The van der Waals surface area contributed by atoms with Crippen molar-refractivity contribution in [2.75, 3.05) is 9.80 Å². The van der Waals surface area contributed by atoms with Gasteiger partial charge < -0.3 is 4.90 Å². The Balaban J connectivity index is 2.21. The summed E-state index contributed by atoms with van der Waals surface area (Å²) >= 11 is 5.86. The highest BCUT2D eigenvalue weighted by Gasteiger charge is 2.58. The molecule has 2 aromatic carbocycles. The Morgan fingerprint density at radius 2 is 1.81 bits per heavy atom. The number of thiol groups is 1. The van der Waals surface area contributed by atoms with Crippen molar-refractivity contribution in [3.63, 3.8) is 0 Å². The van der Waals surface area contributed by atoms with Crippen LogP contribution in [0.1, 0.15) is 25.0 Å². The van der Waals surface area contributed by atoms with Gasteiger partial charge in [0.15, 0.2) is 5.82 Å². The fraction of sp³-hybridized carbons (Fsp3) is 0.263. The maximum atomic E-state index is 15.0. The van der Waals surface area contributed by atoms with E-state index in [1.54, 1.807) is 6.07 Å². The van der Waals surface area contributed by atoms with Crippen LogP contribution in [0.25, 0.3) is 0 Å². The van der Waals surface area contributed by atoms with Gasteiger partial charge in [0.1, 0.15) is 22.3 Å². The first-order chi connectivity index (χ1) is 14.8. The van der Waals surface area contributed by atoms with E-state index in [2.05, 4.69) is 0 Å². The minimum Gasteiger partial charge on any atom is -0.322 e. The molecule has 0 aliphatic carbocycles. The van der Waals surface area contributed by atoms with Gasteiger partial charge in [0.25, 0.3) is 5.91 Å². The first kappa shape index (κ1) is 23.9. The molecule has 0 radical (unpaired) electrons. The van der Waals surface area contributed by atoms with E-state index in [1.807, 2.05) is 0 Å². The van der Waals surface area contributed by atoms with E-state index in [9.17, 15) is 30.6 Å². The van der Waals surface area contributed by atoms with Crippen molar-refractivity contribution in [2.24, 2.45) is 0 Å². The maximum absolute atomic E-state index is 15.0. The lowest BCUT2D eigenvalue weighted by Crippen LogP contribution is -2.49. The van der Waals surface area contributed by atoms with Crippen molar-refractivity contribution in [3.8, 4) is 6.07 Å². The molecular weight excluding hydrogens is 485 g/mol. The van der Waals surface area contributed by atoms with E-state index < -0.39 is 54.3 Å². The van der Waals surface area contributed by atoms with Crippen molar-refractivity contribution in [1.29, 1.82) is 5.26 Å². The number of hydrogen-bond acceptors (Lipinski definition) is 7. The third-order valence-corrected chi connectivity index (χ3v) is 6.97. The number of nitriles is 1. The highest BCUT2D eigenvalue weighted by Crippen LogP contribution is 2.42. The van der Waals surface area contributed by atoms with Crippen molar-refractivity contribution in [3.05, 3.63) is 58.4 Å². The first-order valence-electron chi connectivity index (χ1n) is 8.99. The van der Waals surface area contributed by atoms with Crippen LogP contribution in [-0.4, -0.2) is 38.3 Å². The lowest BCUT2D eigenvalue weighted by Gasteiger charge is -2.34. The Morgan fingerprint density at radius 1 is 1.22 bits per heavy atom. The Labute approximate surface area is 190 Å². The number of rotatable bonds is 5. The molecule has 1 atom stereocenters. The number of hydrogen-bond donors (Lipinski definition) is 2. The molecule has 9 nitrogen and oxygen atoms in total. The van der Waals surface area contributed by atoms with Gasteiger partial charge in [-0.05, 0) is 43.7 Å². The highest BCUT2D eigenvalue weighted by atomic mass is 35.5. The van der Waals surface area contributed by atoms with E-state index in [4.69, 9.17) is 16.9 Å². The van der Waals surface area contributed by atoms with E-state index in [0.29, 0.717) is 10.5 Å². The summed E-state index contributed by atoms with van der Waals surface area (Å²) in [5.41, 5.74) is -3.77. The first-order valence-corrected chi connectivity index (χ1v) is 12.2. The molecule has 13 heteroatoms. The topological polar surface area (TPSA) is 136 Å². The van der Waals surface area contributed by atoms with Crippen LogP contribution in [-0.2, 0) is 31.4 Å². The van der Waals surface area contributed by atoms with Gasteiger partial charge in [0, 0.05) is 5.69 Å². The summed E-state index contributed by atoms with van der Waals surface area (Å²) in [7, 11) is -7.70. The second-order valence-corrected chi connectivity index (χ2v) is 10.3. The van der Waals surface area contributed by atoms with Gasteiger partial charge >= 0.3 is 10.1 Å². The summed E-state index contributed by atoms with van der Waals surface area (Å²) < 4.78 is 71.7. The molecule has 0 saturated carbocycles. The van der Waals surface area contributed by atoms with Crippen molar-refractivity contribution >= 4 is 49.7 Å². The van der Waals surface area contributed by atoms with E-state index in [-0.39, 0.29) is 17.0 Å². The Kier molecular flexibility index (Phi) is 6.23. The molecule has 0 spiro atoms. The number of anilines is 2. The normalized spacial score (nSPS) is 18.3. The maximum Gasteiger partial charge on any atom is 0.306 e. The monoisotopic (exact) mass is 501 g/mol. The summed E-state index contributed by atoms with van der Waals surface area (Å²) in [6.45, 7) is 2.78. The third kappa shape index (κ3) is 4.04. The van der Waals surface area contributed by atoms with Gasteiger partial charge in [0.2, 0.25) is 5.50 Å². The molecule has 1 aliphatic rings. The van der Waals surface area contributed by atoms with Crippen molar-refractivity contribution < 1.29 is 30.6 Å². The van der Waals surface area contributed by atoms with Crippen molar-refractivity contribution in [2.45, 2.75) is 30.6 Å². The molecule has 1 aliphatic heterocycles. The lowest BCUT2D eigenvalue weighted by atomic mass is 10.0. The molecule has 3 rings (SSSR count). The Bertz CT molecular complexity index is 1310. The summed E-state index contributed by atoms with van der Waals surface area (Å²) in [5.74, 6) is -2.28. The average molecular weight is 502 g/mol. The molecule has 170 valence electrons. The largest absolute Gasteiger partial charge is 0.322 e. The van der Waals surface area contributed by atoms with Crippen LogP contribution < -0.4 is 9.80 Å². The molecule has 1 fully saturated rings. The highest BCUT2D eigenvalue weighted by molar-refractivity contribution is 7.86. The minimum absolute atomic E-state index is 0.165. The Morgan fingerprint density at radius 3 is 2.31 bits per heavy atom. The molecule has 1 unspecified atom stereocenters. The smallest absolute Gasteiger partial charge is 0.306 e. The summed E-state index contributed by atoms with van der Waals surface area (Å²) in [6.07, 6.45) is 0. The van der Waals surface area contributed by atoms with E-state index in [1.165, 1.54) is 38.1 Å². The van der Waals surface area contributed by atoms with E-state index >= 15 is 0 Å². The van der Waals surface area contributed by atoms with Crippen molar-refractivity contribution in [1.82, 2.24) is 0 Å².